The van der Waals surface area contributed by atoms with E-state index in [0.29, 0.717) is 0 Å². The monoisotopic (exact) mass is 326 g/mol. The van der Waals surface area contributed by atoms with Gasteiger partial charge in [-0.15, -0.1) is 0 Å². The first-order valence-corrected chi connectivity index (χ1v) is 2.30. The van der Waals surface area contributed by atoms with Crippen LogP contribution in [0.1, 0.15) is 0 Å². The minimum Gasteiger partial charge on any atom is -1.00 e. The summed E-state index contributed by atoms with van der Waals surface area (Å²) in [6.45, 7) is 0. The van der Waals surface area contributed by atoms with Gasteiger partial charge in [0.05, 0.1) is 0 Å². The van der Waals surface area contributed by atoms with E-state index in [2.05, 4.69) is 0 Å². The summed E-state index contributed by atoms with van der Waals surface area (Å²) in [5.74, 6) is 0. The van der Waals surface area contributed by atoms with Crippen molar-refractivity contribution >= 4 is 7.82 Å². The maximum atomic E-state index is 8.77. The van der Waals surface area contributed by atoms with Crippen molar-refractivity contribution in [1.29, 1.82) is 0 Å². The Morgan fingerprint density at radius 3 is 1.38 bits per heavy atom. The topological polar surface area (TPSA) is 80.6 Å². The van der Waals surface area contributed by atoms with Gasteiger partial charge in [0.2, 0.25) is 0 Å². The van der Waals surface area contributed by atoms with Crippen LogP contribution in [-0.4, -0.2) is 9.79 Å². The molecule has 0 saturated heterocycles. The van der Waals surface area contributed by atoms with E-state index in [0.717, 1.165) is 0 Å². The van der Waals surface area contributed by atoms with Crippen molar-refractivity contribution in [2.24, 2.45) is 0 Å². The molecule has 0 fully saturated rings. The van der Waals surface area contributed by atoms with Gasteiger partial charge in [0, 0.05) is 0 Å². The van der Waals surface area contributed by atoms with Crippen molar-refractivity contribution in [2.45, 2.75) is 0 Å². The van der Waals surface area contributed by atoms with Gasteiger partial charge >= 0.3 is 68.5 Å². The van der Waals surface area contributed by atoms with Crippen LogP contribution in [0.25, 0.3) is 0 Å². The van der Waals surface area contributed by atoms with Crippen molar-refractivity contribution in [3.63, 3.8) is 0 Å². The molecule has 0 radical (unpaired) electrons. The van der Waals surface area contributed by atoms with Gasteiger partial charge in [-0.3, -0.25) is 4.57 Å². The zero-order valence-corrected chi connectivity index (χ0v) is 11.0. The van der Waals surface area contributed by atoms with E-state index >= 15 is 0 Å². The first-order chi connectivity index (χ1) is 2.00. The largest absolute Gasteiger partial charge is 1.00 e. The first kappa shape index (κ1) is 22.4. The Morgan fingerprint density at radius 2 is 1.38 bits per heavy atom. The Bertz CT molecular complexity index is 62.2. The van der Waals surface area contributed by atoms with Crippen LogP contribution >= 0.6 is 7.82 Å². The van der Waals surface area contributed by atoms with Crippen molar-refractivity contribution in [3.05, 3.63) is 0 Å². The number of rotatable bonds is 0. The fourth-order valence-electron chi connectivity index (χ4n) is 0. The predicted molar refractivity (Wildman–Crippen MR) is 12.0 cm³/mol. The molecule has 0 rings (SSSR count). The molecule has 0 aliphatic carbocycles. The average Bonchev–Trinajstić information content (AvgIpc) is 0.722. The Hall–Kier alpha value is 3.00. The summed E-state index contributed by atoms with van der Waals surface area (Å²) < 4.78 is 8.77. The molecule has 0 aromatic heterocycles. The van der Waals surface area contributed by atoms with E-state index in [1.165, 1.54) is 0 Å². The summed E-state index contributed by atoms with van der Waals surface area (Å²) in [5, 5.41) is 0. The molecule has 0 aliphatic rings. The molecule has 0 amide bonds. The molecule has 0 aromatic carbocycles. The van der Waals surface area contributed by atoms with Crippen LogP contribution in [0, 0.1) is 0 Å². The second-order valence-corrected chi connectivity index (χ2v) is 1.47. The number of halogens is 1. The molecular weight excluding hydrogens is 325 g/mol. The van der Waals surface area contributed by atoms with Crippen LogP contribution in [0.2, 0.25) is 0 Å². The zero-order chi connectivity index (χ0) is 4.50. The van der Waals surface area contributed by atoms with Crippen LogP contribution in [0.3, 0.4) is 0 Å². The first-order valence-electron chi connectivity index (χ1n) is 0.765. The fraction of sp³-hybridized carbons (Fsp3) is 0. The van der Waals surface area contributed by atoms with E-state index in [4.69, 9.17) is 19.2 Å². The maximum absolute atomic E-state index is 8.77. The quantitative estimate of drug-likeness (QED) is 0.263. The maximum Gasteiger partial charge on any atom is 1.00 e. The Balaban J connectivity index is -0.0000000267. The zero-order valence-electron chi connectivity index (χ0n) is 3.84. The van der Waals surface area contributed by atoms with Gasteiger partial charge in [0.15, 0.2) is 0 Å². The van der Waals surface area contributed by atoms with Crippen molar-refractivity contribution in [3.8, 4) is 0 Å². The minimum absolute atomic E-state index is 0. The third kappa shape index (κ3) is 64.1. The second kappa shape index (κ2) is 10.00. The molecule has 2 N–H and O–H groups in total. The van der Waals surface area contributed by atoms with Crippen LogP contribution in [0.5, 0.6) is 0 Å². The third-order valence-corrected chi connectivity index (χ3v) is 0. The van der Waals surface area contributed by atoms with E-state index in [1.807, 2.05) is 0 Å². The molecule has 0 saturated carbocycles. The molecule has 8 heteroatoms. The van der Waals surface area contributed by atoms with Crippen molar-refractivity contribution in [2.75, 3.05) is 0 Å². The number of phosphoric acid groups is 1. The molecule has 0 bridgehead atoms. The standard InChI is InChI=1S/Cu.HI.K.H3O4P/c;;;1-5(2,3)4/h;1H;;(H3,1,2,3,4)/q+1;;+1;/p-2. The second-order valence-electron chi connectivity index (χ2n) is 0.491. The van der Waals surface area contributed by atoms with E-state index in [-0.39, 0.29) is 92.4 Å². The number of hydrogen-bond donors (Lipinski definition) is 2. The van der Waals surface area contributed by atoms with Crippen LogP contribution in [0.15, 0.2) is 0 Å². The summed E-state index contributed by atoms with van der Waals surface area (Å²) in [6, 6.07) is 0. The summed E-state index contributed by atoms with van der Waals surface area (Å²) in [6.07, 6.45) is 0. The van der Waals surface area contributed by atoms with E-state index in [1.54, 1.807) is 0 Å². The molecule has 4 nitrogen and oxygen atoms in total. The molecule has 0 unspecified atom stereocenters. The molecule has 0 heterocycles. The fourth-order valence-corrected chi connectivity index (χ4v) is 0. The van der Waals surface area contributed by atoms with Gasteiger partial charge in [-0.25, -0.2) is 0 Å². The Kier molecular flexibility index (Phi) is 28.0. The van der Waals surface area contributed by atoms with Crippen LogP contribution < -0.4 is 80.3 Å². The van der Waals surface area contributed by atoms with Crippen molar-refractivity contribution in [1.82, 2.24) is 0 Å². The van der Waals surface area contributed by atoms with Crippen LogP contribution in [0.4, 0.5) is 0 Å². The average molecular weight is 327 g/mol. The summed E-state index contributed by atoms with van der Waals surface area (Å²) in [7, 11) is -4.89. The van der Waals surface area contributed by atoms with Crippen LogP contribution in [-0.2, 0) is 21.6 Å². The van der Waals surface area contributed by atoms with Gasteiger partial charge in [0.25, 0.3) is 7.82 Å². The smallest absolute Gasteiger partial charge is 1.00 e. The Morgan fingerprint density at radius 1 is 1.38 bits per heavy atom. The van der Waals surface area contributed by atoms with Gasteiger partial charge in [0.1, 0.15) is 0 Å². The molecule has 0 spiro atoms. The molecule has 0 aliphatic heterocycles. The van der Waals surface area contributed by atoms with E-state index < -0.39 is 7.82 Å². The van der Waals surface area contributed by atoms with Gasteiger partial charge in [-0.2, -0.15) is 0 Å². The SMILES string of the molecule is O=P([O-])(O)O.[Cu+].[I-].[K+]. The third-order valence-electron chi connectivity index (χ3n) is 0. The Labute approximate surface area is 117 Å². The molecular formula is H2CuIKO4P. The summed E-state index contributed by atoms with van der Waals surface area (Å²) in [4.78, 5) is 22.9. The van der Waals surface area contributed by atoms with E-state index in [9.17, 15) is 0 Å². The van der Waals surface area contributed by atoms with Gasteiger partial charge < -0.3 is 38.7 Å². The molecule has 50 valence electrons. The van der Waals surface area contributed by atoms with Crippen molar-refractivity contribution < 1.29 is 112 Å². The molecule has 0 aromatic rings. The predicted octanol–water partition coefficient (Wildman–Crippen LogP) is -7.56. The minimum atomic E-state index is -4.89. The summed E-state index contributed by atoms with van der Waals surface area (Å²) >= 11 is 0. The molecule has 8 heavy (non-hydrogen) atoms. The van der Waals surface area contributed by atoms with Gasteiger partial charge in [-0.05, 0) is 0 Å². The normalized spacial score (nSPS) is 7.38. The van der Waals surface area contributed by atoms with Gasteiger partial charge in [-0.1, -0.05) is 0 Å². The summed E-state index contributed by atoms with van der Waals surface area (Å²) in [5.41, 5.74) is 0. The molecule has 0 atom stereocenters. The number of hydrogen-bond acceptors (Lipinski definition) is 2.